The third-order valence-electron chi connectivity index (χ3n) is 2.36. The van der Waals surface area contributed by atoms with Crippen molar-refractivity contribution in [1.29, 1.82) is 0 Å². The zero-order valence-corrected chi connectivity index (χ0v) is 8.51. The summed E-state index contributed by atoms with van der Waals surface area (Å²) in [6.07, 6.45) is 5.55. The number of nitrogens with zero attached hydrogens (tertiary/aromatic N) is 2. The van der Waals surface area contributed by atoms with Crippen molar-refractivity contribution in [3.05, 3.63) is 48.5 Å². The molecule has 0 saturated heterocycles. The Labute approximate surface area is 84.2 Å². The summed E-state index contributed by atoms with van der Waals surface area (Å²) < 4.78 is 2.00. The number of rotatable bonds is 2. The van der Waals surface area contributed by atoms with Gasteiger partial charge in [0.25, 0.3) is 0 Å². The zero-order valence-electron chi connectivity index (χ0n) is 8.51. The predicted octanol–water partition coefficient (Wildman–Crippen LogP) is 3.00. The second-order valence-corrected chi connectivity index (χ2v) is 3.72. The van der Waals surface area contributed by atoms with Crippen LogP contribution in [0.25, 0.3) is 5.69 Å². The lowest BCUT2D eigenvalue weighted by Crippen LogP contribution is -1.91. The Balaban J connectivity index is 2.31. The molecule has 0 aliphatic heterocycles. The number of aromatic nitrogens is 2. The zero-order chi connectivity index (χ0) is 9.97. The van der Waals surface area contributed by atoms with Crippen LogP contribution in [0.1, 0.15) is 25.3 Å². The molecule has 2 heteroatoms. The molecule has 0 fully saturated rings. The van der Waals surface area contributed by atoms with E-state index in [0.717, 1.165) is 5.69 Å². The molecule has 0 atom stereocenters. The highest BCUT2D eigenvalue weighted by Gasteiger charge is 1.99. The van der Waals surface area contributed by atoms with Crippen molar-refractivity contribution in [2.75, 3.05) is 0 Å². The maximum absolute atomic E-state index is 4.02. The van der Waals surface area contributed by atoms with E-state index in [4.69, 9.17) is 0 Å². The SMILES string of the molecule is CC(C)c1ccc(-n2ccnc2)cc1. The van der Waals surface area contributed by atoms with Crippen LogP contribution in [0.15, 0.2) is 43.0 Å². The summed E-state index contributed by atoms with van der Waals surface area (Å²) in [6, 6.07) is 8.58. The Bertz CT molecular complexity index is 385. The van der Waals surface area contributed by atoms with Crippen LogP contribution in [0.2, 0.25) is 0 Å². The summed E-state index contributed by atoms with van der Waals surface area (Å²) in [5, 5.41) is 0. The molecule has 0 unspecified atom stereocenters. The molecule has 0 aliphatic carbocycles. The molecule has 2 nitrogen and oxygen atoms in total. The first-order valence-corrected chi connectivity index (χ1v) is 4.85. The monoisotopic (exact) mass is 186 g/mol. The molecular formula is C12H14N2. The minimum absolute atomic E-state index is 0.590. The maximum atomic E-state index is 4.02. The molecule has 0 bridgehead atoms. The molecule has 0 spiro atoms. The average Bonchev–Trinajstić information content (AvgIpc) is 2.71. The third kappa shape index (κ3) is 1.69. The first-order chi connectivity index (χ1) is 6.77. The molecule has 0 radical (unpaired) electrons. The Morgan fingerprint density at radius 3 is 2.36 bits per heavy atom. The number of hydrogen-bond donors (Lipinski definition) is 0. The van der Waals surface area contributed by atoms with Gasteiger partial charge in [-0.25, -0.2) is 4.98 Å². The lowest BCUT2D eigenvalue weighted by Gasteiger charge is -2.06. The van der Waals surface area contributed by atoms with Gasteiger partial charge < -0.3 is 4.57 Å². The number of hydrogen-bond acceptors (Lipinski definition) is 1. The Morgan fingerprint density at radius 2 is 1.86 bits per heavy atom. The van der Waals surface area contributed by atoms with E-state index in [9.17, 15) is 0 Å². The predicted molar refractivity (Wildman–Crippen MR) is 57.7 cm³/mol. The van der Waals surface area contributed by atoms with Crippen molar-refractivity contribution >= 4 is 0 Å². The highest BCUT2D eigenvalue weighted by molar-refractivity contribution is 5.35. The van der Waals surface area contributed by atoms with Gasteiger partial charge in [0.15, 0.2) is 0 Å². The van der Waals surface area contributed by atoms with Gasteiger partial charge in [-0.1, -0.05) is 26.0 Å². The fraction of sp³-hybridized carbons (Fsp3) is 0.250. The van der Waals surface area contributed by atoms with Gasteiger partial charge in [-0.3, -0.25) is 0 Å². The van der Waals surface area contributed by atoms with E-state index >= 15 is 0 Å². The van der Waals surface area contributed by atoms with Crippen LogP contribution in [-0.2, 0) is 0 Å². The molecule has 0 N–H and O–H groups in total. The van der Waals surface area contributed by atoms with Crippen molar-refractivity contribution in [2.24, 2.45) is 0 Å². The van der Waals surface area contributed by atoms with Crippen molar-refractivity contribution < 1.29 is 0 Å². The summed E-state index contributed by atoms with van der Waals surface area (Å²) in [7, 11) is 0. The standard InChI is InChI=1S/C12H14N2/c1-10(2)11-3-5-12(6-4-11)14-8-7-13-9-14/h3-10H,1-2H3. The average molecular weight is 186 g/mol. The molecule has 2 aromatic rings. The summed E-state index contributed by atoms with van der Waals surface area (Å²) in [5.41, 5.74) is 2.53. The van der Waals surface area contributed by atoms with Gasteiger partial charge in [0.05, 0.1) is 6.33 Å². The minimum atomic E-state index is 0.590. The van der Waals surface area contributed by atoms with Crippen LogP contribution >= 0.6 is 0 Å². The lowest BCUT2D eigenvalue weighted by atomic mass is 10.0. The molecule has 72 valence electrons. The molecular weight excluding hydrogens is 172 g/mol. The summed E-state index contributed by atoms with van der Waals surface area (Å²) in [4.78, 5) is 4.02. The second-order valence-electron chi connectivity index (χ2n) is 3.72. The third-order valence-corrected chi connectivity index (χ3v) is 2.36. The highest BCUT2D eigenvalue weighted by Crippen LogP contribution is 2.16. The fourth-order valence-electron chi connectivity index (χ4n) is 1.44. The molecule has 1 aromatic carbocycles. The first kappa shape index (κ1) is 9.00. The Morgan fingerprint density at radius 1 is 1.14 bits per heavy atom. The Kier molecular flexibility index (Phi) is 2.35. The van der Waals surface area contributed by atoms with Crippen LogP contribution in [0.4, 0.5) is 0 Å². The molecule has 2 rings (SSSR count). The van der Waals surface area contributed by atoms with Gasteiger partial charge in [0.1, 0.15) is 0 Å². The topological polar surface area (TPSA) is 17.8 Å². The second kappa shape index (κ2) is 3.66. The quantitative estimate of drug-likeness (QED) is 0.705. The van der Waals surface area contributed by atoms with Crippen molar-refractivity contribution in [3.8, 4) is 5.69 Å². The van der Waals surface area contributed by atoms with E-state index in [2.05, 4.69) is 43.1 Å². The number of imidazole rings is 1. The van der Waals surface area contributed by atoms with E-state index < -0.39 is 0 Å². The lowest BCUT2D eigenvalue weighted by molar-refractivity contribution is 0.865. The summed E-state index contributed by atoms with van der Waals surface area (Å²) >= 11 is 0. The molecule has 1 aromatic heterocycles. The maximum Gasteiger partial charge on any atom is 0.0991 e. The smallest absolute Gasteiger partial charge is 0.0991 e. The largest absolute Gasteiger partial charge is 0.306 e. The molecule has 1 heterocycles. The first-order valence-electron chi connectivity index (χ1n) is 4.85. The van der Waals surface area contributed by atoms with Gasteiger partial charge in [-0.2, -0.15) is 0 Å². The van der Waals surface area contributed by atoms with Gasteiger partial charge in [-0.05, 0) is 23.6 Å². The van der Waals surface area contributed by atoms with Crippen molar-refractivity contribution in [2.45, 2.75) is 19.8 Å². The van der Waals surface area contributed by atoms with Crippen LogP contribution in [0.3, 0.4) is 0 Å². The highest BCUT2D eigenvalue weighted by atomic mass is 15.0. The fourth-order valence-corrected chi connectivity index (χ4v) is 1.44. The van der Waals surface area contributed by atoms with E-state index in [1.54, 1.807) is 6.20 Å². The van der Waals surface area contributed by atoms with Crippen LogP contribution < -0.4 is 0 Å². The van der Waals surface area contributed by atoms with Crippen LogP contribution in [0.5, 0.6) is 0 Å². The summed E-state index contributed by atoms with van der Waals surface area (Å²) in [6.45, 7) is 4.40. The molecule has 0 amide bonds. The summed E-state index contributed by atoms with van der Waals surface area (Å²) in [5.74, 6) is 0.590. The van der Waals surface area contributed by atoms with E-state index in [-0.39, 0.29) is 0 Å². The van der Waals surface area contributed by atoms with Gasteiger partial charge in [0, 0.05) is 18.1 Å². The number of benzene rings is 1. The molecule has 0 aliphatic rings. The van der Waals surface area contributed by atoms with Crippen molar-refractivity contribution in [3.63, 3.8) is 0 Å². The van der Waals surface area contributed by atoms with Crippen LogP contribution in [-0.4, -0.2) is 9.55 Å². The van der Waals surface area contributed by atoms with Gasteiger partial charge in [-0.15, -0.1) is 0 Å². The van der Waals surface area contributed by atoms with E-state index in [1.165, 1.54) is 5.56 Å². The van der Waals surface area contributed by atoms with Crippen LogP contribution in [0, 0.1) is 0 Å². The molecule has 14 heavy (non-hydrogen) atoms. The van der Waals surface area contributed by atoms with E-state index in [0.29, 0.717) is 5.92 Å². The van der Waals surface area contributed by atoms with Crippen molar-refractivity contribution in [1.82, 2.24) is 9.55 Å². The minimum Gasteiger partial charge on any atom is -0.306 e. The van der Waals surface area contributed by atoms with Gasteiger partial charge in [0.2, 0.25) is 0 Å². The Hall–Kier alpha value is -1.57. The normalized spacial score (nSPS) is 10.8. The van der Waals surface area contributed by atoms with E-state index in [1.807, 2.05) is 17.1 Å². The van der Waals surface area contributed by atoms with Gasteiger partial charge >= 0.3 is 0 Å². The molecule has 0 saturated carbocycles.